The molecule has 0 aromatic carbocycles. The summed E-state index contributed by atoms with van der Waals surface area (Å²) in [4.78, 5) is 32.9. The zero-order chi connectivity index (χ0) is 10.7. The minimum Gasteiger partial charge on any atom is -0.467 e. The average molecular weight is 200 g/mol. The lowest BCUT2D eigenvalue weighted by molar-refractivity contribution is -0.143. The van der Waals surface area contributed by atoms with Gasteiger partial charge in [0.05, 0.1) is 7.11 Å². The van der Waals surface area contributed by atoms with Crippen molar-refractivity contribution >= 4 is 17.8 Å². The number of amides is 2. The van der Waals surface area contributed by atoms with E-state index in [9.17, 15) is 14.4 Å². The molecule has 1 aliphatic heterocycles. The van der Waals surface area contributed by atoms with Crippen molar-refractivity contribution in [2.75, 3.05) is 7.11 Å². The van der Waals surface area contributed by atoms with Gasteiger partial charge in [0.25, 0.3) is 0 Å². The maximum atomic E-state index is 11.2. The Bertz CT molecular complexity index is 277. The third-order valence-corrected chi connectivity index (χ3v) is 1.97. The highest BCUT2D eigenvalue weighted by atomic mass is 16.5. The number of hydrogen-bond acceptors (Lipinski definition) is 4. The van der Waals surface area contributed by atoms with Crippen LogP contribution in [-0.4, -0.2) is 37.0 Å². The minimum atomic E-state index is -0.649. The van der Waals surface area contributed by atoms with Crippen LogP contribution in [0.4, 0.5) is 0 Å². The number of nitrogens with one attached hydrogen (secondary N) is 2. The summed E-state index contributed by atoms with van der Waals surface area (Å²) in [6.07, 6.45) is 0.241. The van der Waals surface area contributed by atoms with Crippen LogP contribution in [0.25, 0.3) is 0 Å². The Balaban J connectivity index is 2.55. The minimum absolute atomic E-state index is 0.241. The molecule has 2 atom stereocenters. The van der Waals surface area contributed by atoms with Gasteiger partial charge < -0.3 is 15.4 Å². The van der Waals surface area contributed by atoms with E-state index < -0.39 is 18.1 Å². The maximum Gasteiger partial charge on any atom is 0.328 e. The number of hydrogen-bond donors (Lipinski definition) is 2. The number of esters is 1. The Hall–Kier alpha value is -1.59. The first-order chi connectivity index (χ1) is 6.54. The Morgan fingerprint density at radius 2 is 2.21 bits per heavy atom. The van der Waals surface area contributed by atoms with Crippen molar-refractivity contribution in [2.45, 2.75) is 25.4 Å². The summed E-state index contributed by atoms with van der Waals surface area (Å²) >= 11 is 0. The molecule has 1 fully saturated rings. The Labute approximate surface area is 81.0 Å². The molecule has 0 radical (unpaired) electrons. The monoisotopic (exact) mass is 200 g/mol. The molecule has 1 rings (SSSR count). The lowest BCUT2D eigenvalue weighted by atomic mass is 10.1. The van der Waals surface area contributed by atoms with Crippen molar-refractivity contribution in [2.24, 2.45) is 0 Å². The van der Waals surface area contributed by atoms with Crippen molar-refractivity contribution in [1.82, 2.24) is 10.6 Å². The molecule has 0 saturated carbocycles. The predicted molar refractivity (Wildman–Crippen MR) is 46.2 cm³/mol. The lowest BCUT2D eigenvalue weighted by Gasteiger charge is -2.07. The fraction of sp³-hybridized carbons (Fsp3) is 0.625. The molecule has 0 unspecified atom stereocenters. The van der Waals surface area contributed by atoms with Crippen LogP contribution in [0, 0.1) is 0 Å². The molecule has 1 heterocycles. The second-order valence-corrected chi connectivity index (χ2v) is 3.07. The van der Waals surface area contributed by atoms with E-state index in [0.717, 1.165) is 0 Å². The summed E-state index contributed by atoms with van der Waals surface area (Å²) < 4.78 is 4.47. The molecule has 2 amide bonds. The largest absolute Gasteiger partial charge is 0.467 e. The third kappa shape index (κ3) is 2.21. The van der Waals surface area contributed by atoms with Crippen LogP contribution in [-0.2, 0) is 19.1 Å². The van der Waals surface area contributed by atoms with E-state index in [4.69, 9.17) is 0 Å². The molecular weight excluding hydrogens is 188 g/mol. The van der Waals surface area contributed by atoms with Gasteiger partial charge in [0, 0.05) is 13.3 Å². The normalized spacial score (nSPS) is 25.4. The summed E-state index contributed by atoms with van der Waals surface area (Å²) in [6, 6.07) is -1.28. The van der Waals surface area contributed by atoms with Crippen LogP contribution in [0.15, 0.2) is 0 Å². The fourth-order valence-electron chi connectivity index (χ4n) is 1.34. The van der Waals surface area contributed by atoms with E-state index in [1.807, 2.05) is 0 Å². The number of ether oxygens (including phenoxy) is 1. The zero-order valence-electron chi connectivity index (χ0n) is 7.99. The van der Waals surface area contributed by atoms with Crippen molar-refractivity contribution in [3.63, 3.8) is 0 Å². The Morgan fingerprint density at radius 3 is 2.71 bits per heavy atom. The molecule has 2 N–H and O–H groups in total. The Kier molecular flexibility index (Phi) is 3.06. The quantitative estimate of drug-likeness (QED) is 0.534. The smallest absolute Gasteiger partial charge is 0.328 e. The van der Waals surface area contributed by atoms with E-state index in [0.29, 0.717) is 0 Å². The van der Waals surface area contributed by atoms with Crippen LogP contribution >= 0.6 is 0 Å². The highest BCUT2D eigenvalue weighted by Gasteiger charge is 2.36. The van der Waals surface area contributed by atoms with Crippen LogP contribution in [0.1, 0.15) is 13.3 Å². The van der Waals surface area contributed by atoms with Crippen molar-refractivity contribution in [1.29, 1.82) is 0 Å². The first-order valence-corrected chi connectivity index (χ1v) is 4.20. The second kappa shape index (κ2) is 4.08. The summed E-state index contributed by atoms with van der Waals surface area (Å²) in [5, 5.41) is 4.87. The van der Waals surface area contributed by atoms with Gasteiger partial charge in [-0.3, -0.25) is 9.59 Å². The van der Waals surface area contributed by atoms with Crippen LogP contribution in [0.5, 0.6) is 0 Å². The first-order valence-electron chi connectivity index (χ1n) is 4.20. The van der Waals surface area contributed by atoms with E-state index >= 15 is 0 Å². The molecule has 6 heteroatoms. The van der Waals surface area contributed by atoms with Gasteiger partial charge in [0.15, 0.2) is 0 Å². The van der Waals surface area contributed by atoms with Crippen LogP contribution < -0.4 is 10.6 Å². The summed E-state index contributed by atoms with van der Waals surface area (Å²) in [7, 11) is 1.25. The third-order valence-electron chi connectivity index (χ3n) is 1.97. The second-order valence-electron chi connectivity index (χ2n) is 3.07. The average Bonchev–Trinajstić information content (AvgIpc) is 2.46. The van der Waals surface area contributed by atoms with Gasteiger partial charge >= 0.3 is 5.97 Å². The molecule has 78 valence electrons. The van der Waals surface area contributed by atoms with Crippen molar-refractivity contribution in [3.05, 3.63) is 0 Å². The summed E-state index contributed by atoms with van der Waals surface area (Å²) in [6.45, 7) is 1.32. The maximum absolute atomic E-state index is 11.2. The highest BCUT2D eigenvalue weighted by molar-refractivity contribution is 5.94. The number of carbonyl (C=O) groups excluding carboxylic acids is 3. The van der Waals surface area contributed by atoms with Gasteiger partial charge in [0.1, 0.15) is 12.1 Å². The van der Waals surface area contributed by atoms with Gasteiger partial charge in [0.2, 0.25) is 11.8 Å². The molecule has 0 aromatic heterocycles. The number of methoxy groups -OCH3 is 1. The van der Waals surface area contributed by atoms with Gasteiger partial charge in [-0.25, -0.2) is 4.79 Å². The molecule has 0 aliphatic carbocycles. The molecule has 6 nitrogen and oxygen atoms in total. The molecular formula is C8H12N2O4. The van der Waals surface area contributed by atoms with Crippen LogP contribution in [0.2, 0.25) is 0 Å². The van der Waals surface area contributed by atoms with Gasteiger partial charge in [-0.15, -0.1) is 0 Å². The topological polar surface area (TPSA) is 84.5 Å². The van der Waals surface area contributed by atoms with Gasteiger partial charge in [-0.1, -0.05) is 0 Å². The van der Waals surface area contributed by atoms with Crippen molar-refractivity contribution < 1.29 is 19.1 Å². The molecule has 0 spiro atoms. The molecule has 14 heavy (non-hydrogen) atoms. The SMILES string of the molecule is COC(=O)[C@@H]1C[C@H](NC(C)=O)C(=O)N1. The number of carbonyl (C=O) groups is 3. The highest BCUT2D eigenvalue weighted by Crippen LogP contribution is 2.09. The van der Waals surface area contributed by atoms with E-state index in [1.54, 1.807) is 0 Å². The summed E-state index contributed by atoms with van der Waals surface area (Å²) in [5.74, 6) is -1.14. The van der Waals surface area contributed by atoms with Crippen LogP contribution in [0.3, 0.4) is 0 Å². The van der Waals surface area contributed by atoms with Gasteiger partial charge in [-0.05, 0) is 0 Å². The van der Waals surface area contributed by atoms with E-state index in [2.05, 4.69) is 15.4 Å². The Morgan fingerprint density at radius 1 is 1.57 bits per heavy atom. The molecule has 0 aromatic rings. The summed E-state index contributed by atoms with van der Waals surface area (Å²) in [5.41, 5.74) is 0. The predicted octanol–water partition coefficient (Wildman–Crippen LogP) is -1.45. The number of rotatable bonds is 2. The standard InChI is InChI=1S/C8H12N2O4/c1-4(11)9-5-3-6(8(13)14-2)10-7(5)12/h5-6H,3H2,1-2H3,(H,9,11)(H,10,12)/t5-,6-/m0/s1. The molecule has 1 aliphatic rings. The molecule has 1 saturated heterocycles. The lowest BCUT2D eigenvalue weighted by Crippen LogP contribution is -2.39. The van der Waals surface area contributed by atoms with E-state index in [1.165, 1.54) is 14.0 Å². The van der Waals surface area contributed by atoms with E-state index in [-0.39, 0.29) is 18.2 Å². The first kappa shape index (κ1) is 10.5. The molecule has 0 bridgehead atoms. The van der Waals surface area contributed by atoms with Gasteiger partial charge in [-0.2, -0.15) is 0 Å². The fourth-order valence-corrected chi connectivity index (χ4v) is 1.34. The zero-order valence-corrected chi connectivity index (χ0v) is 7.99. The van der Waals surface area contributed by atoms with Crippen molar-refractivity contribution in [3.8, 4) is 0 Å².